The fourth-order valence-corrected chi connectivity index (χ4v) is 1.11. The zero-order chi connectivity index (χ0) is 8.27. The third kappa shape index (κ3) is 2.12. The Morgan fingerprint density at radius 3 is 2.50 bits per heavy atom. The first-order chi connectivity index (χ1) is 5.24. The van der Waals surface area contributed by atoms with Crippen LogP contribution in [0, 0.1) is 6.92 Å². The second-order valence-corrected chi connectivity index (χ2v) is 3.15. The average Bonchev–Trinajstić information content (AvgIpc) is 2.05. The summed E-state index contributed by atoms with van der Waals surface area (Å²) < 4.78 is 0. The Hall–Kier alpha value is -1.78. The quantitative estimate of drug-likeness (QED) is 0.672. The van der Waals surface area contributed by atoms with Crippen molar-refractivity contribution in [3.8, 4) is 0 Å². The van der Waals surface area contributed by atoms with Gasteiger partial charge in [-0.05, 0) is 11.5 Å². The van der Waals surface area contributed by atoms with Gasteiger partial charge < -0.3 is 6.92 Å². The zero-order valence-corrected chi connectivity index (χ0v) is 10.3. The molecule has 0 spiro atoms. The predicted molar refractivity (Wildman–Crippen MR) is 49.6 cm³/mol. The Morgan fingerprint density at radius 1 is 1.33 bits per heavy atom. The smallest absolute Gasteiger partial charge is 0 e. The number of rotatable bonds is 2. The van der Waals surface area contributed by atoms with Crippen molar-refractivity contribution in [1.29, 1.82) is 0 Å². The van der Waals surface area contributed by atoms with Crippen LogP contribution in [0.2, 0.25) is 0 Å². The number of benzene rings is 1. The number of hydrogen-bond donors (Lipinski definition) is 0. The second kappa shape index (κ2) is 4.17. The summed E-state index contributed by atoms with van der Waals surface area (Å²) in [5.74, 6) is 0.626. The Kier molecular flexibility index (Phi) is 3.55. The van der Waals surface area contributed by atoms with Gasteiger partial charge in [0.25, 0.3) is 0 Å². The molecule has 0 amide bonds. The van der Waals surface area contributed by atoms with Crippen LogP contribution in [-0.4, -0.2) is 0 Å². The molecule has 0 bridgehead atoms. The van der Waals surface area contributed by atoms with E-state index < -0.39 is 0 Å². The van der Waals surface area contributed by atoms with Gasteiger partial charge in [0, 0.05) is 0 Å². The molecule has 0 unspecified atom stereocenters. The maximum absolute atomic E-state index is 3.86. The van der Waals surface area contributed by atoms with Gasteiger partial charge in [0.2, 0.25) is 0 Å². The van der Waals surface area contributed by atoms with Gasteiger partial charge in [-0.1, -0.05) is 43.7 Å². The molecule has 0 aliphatic rings. The van der Waals surface area contributed by atoms with E-state index in [9.17, 15) is 0 Å². The molecular formula is C11H15Cf-. The van der Waals surface area contributed by atoms with Crippen molar-refractivity contribution in [1.82, 2.24) is 0 Å². The van der Waals surface area contributed by atoms with Crippen LogP contribution in [0.15, 0.2) is 24.3 Å². The van der Waals surface area contributed by atoms with Gasteiger partial charge in [0.1, 0.15) is 0 Å². The van der Waals surface area contributed by atoms with Gasteiger partial charge in [-0.3, -0.25) is 0 Å². The van der Waals surface area contributed by atoms with Crippen LogP contribution in [0.5, 0.6) is 0 Å². The summed E-state index contributed by atoms with van der Waals surface area (Å²) in [6, 6.07) is 8.64. The molecule has 0 aliphatic carbocycles. The molecule has 0 aliphatic heterocycles. The molecule has 1 aromatic carbocycles. The van der Waals surface area contributed by atoms with Gasteiger partial charge in [-0.25, -0.2) is 0 Å². The van der Waals surface area contributed by atoms with E-state index in [1.54, 1.807) is 0 Å². The molecule has 0 nitrogen and oxygen atoms in total. The fourth-order valence-electron chi connectivity index (χ4n) is 1.11. The topological polar surface area (TPSA) is 0 Å². The first-order valence-corrected chi connectivity index (χ1v) is 4.12. The van der Waals surface area contributed by atoms with Crippen molar-refractivity contribution < 1.29 is 0 Å². The van der Waals surface area contributed by atoms with Crippen LogP contribution in [0.1, 0.15) is 30.9 Å². The predicted octanol–water partition coefficient (Wildman–Crippen LogP) is 3.19. The molecule has 1 aromatic rings. The van der Waals surface area contributed by atoms with E-state index in [-0.39, 0.29) is 0 Å². The fraction of sp³-hybridized carbons (Fsp3) is 0.364. The van der Waals surface area contributed by atoms with Crippen molar-refractivity contribution in [3.63, 3.8) is 0 Å². The van der Waals surface area contributed by atoms with E-state index in [2.05, 4.69) is 45.0 Å². The molecule has 1 heteroatoms. The van der Waals surface area contributed by atoms with E-state index in [1.807, 2.05) is 0 Å². The van der Waals surface area contributed by atoms with Crippen molar-refractivity contribution >= 4 is 0 Å². The van der Waals surface area contributed by atoms with E-state index >= 15 is 0 Å². The van der Waals surface area contributed by atoms with Crippen LogP contribution < -0.4 is 0 Å². The first-order valence-electron chi connectivity index (χ1n) is 4.12. The van der Waals surface area contributed by atoms with Crippen LogP contribution in [0.25, 0.3) is 0 Å². The van der Waals surface area contributed by atoms with Crippen LogP contribution in [0.4, 0.5) is 0 Å². The summed E-state index contributed by atoms with van der Waals surface area (Å²) >= 11 is 0. The molecule has 0 saturated carbocycles. The standard InChI is InChI=1S/C11H15.Cf/c1-4-10-6-5-7-11(8-10)9(2)3;/h5-9H,1,4H2,2-3H3;/q-1;. The molecule has 0 saturated heterocycles. The second-order valence-electron chi connectivity index (χ2n) is 3.15. The van der Waals surface area contributed by atoms with Crippen LogP contribution in [-0.2, 0) is 6.42 Å². The third-order valence-electron chi connectivity index (χ3n) is 1.91. The van der Waals surface area contributed by atoms with E-state index in [0.29, 0.717) is 5.92 Å². The van der Waals surface area contributed by atoms with Gasteiger partial charge in [0.15, 0.2) is 0 Å². The van der Waals surface area contributed by atoms with E-state index in [0.717, 1.165) is 6.42 Å². The molecule has 12 heavy (non-hydrogen) atoms. The minimum absolute atomic E-state index is 0. The Balaban J connectivity index is 0.00000121. The van der Waals surface area contributed by atoms with E-state index in [4.69, 9.17) is 0 Å². The zero-order valence-electron chi connectivity index (χ0n) is 7.62. The molecular weight excluding hydrogens is 383 g/mol. The molecule has 0 atom stereocenters. The van der Waals surface area contributed by atoms with Crippen molar-refractivity contribution in [2.45, 2.75) is 26.2 Å². The summed E-state index contributed by atoms with van der Waals surface area (Å²) in [5, 5.41) is 0. The Morgan fingerprint density at radius 2 is 2.00 bits per heavy atom. The summed E-state index contributed by atoms with van der Waals surface area (Å²) in [5.41, 5.74) is 2.74. The van der Waals surface area contributed by atoms with E-state index in [1.165, 1.54) is 11.1 Å². The molecule has 0 aromatic heterocycles. The first kappa shape index (κ1) is 10.2. The minimum atomic E-state index is 0. The maximum atomic E-state index is 3.86. The van der Waals surface area contributed by atoms with Crippen LogP contribution in [0.3, 0.4) is 0 Å². The summed E-state index contributed by atoms with van der Waals surface area (Å²) in [7, 11) is 0. The SMILES string of the molecule is [CH2-]Cc1cccc(C(C)C)c1.[Cf]. The molecule has 0 fully saturated rings. The summed E-state index contributed by atoms with van der Waals surface area (Å²) in [6.07, 6.45) is 0.889. The molecule has 70 valence electrons. The van der Waals surface area contributed by atoms with Gasteiger partial charge >= 0.3 is 0 Å². The summed E-state index contributed by atoms with van der Waals surface area (Å²) in [4.78, 5) is 0. The summed E-state index contributed by atoms with van der Waals surface area (Å²) in [6.45, 7) is 8.28. The molecule has 0 radical (unpaired) electrons. The monoisotopic (exact) mass is 396 g/mol. The van der Waals surface area contributed by atoms with Gasteiger partial charge in [-0.2, -0.15) is 6.42 Å². The van der Waals surface area contributed by atoms with Crippen molar-refractivity contribution in [2.75, 3.05) is 0 Å². The molecule has 0 N–H and O–H groups in total. The molecule has 0 heterocycles. The van der Waals surface area contributed by atoms with Crippen molar-refractivity contribution in [2.24, 2.45) is 0 Å². The van der Waals surface area contributed by atoms with Gasteiger partial charge in [0.05, 0.1) is 0 Å². The Bertz CT molecular complexity index is 228. The Labute approximate surface area is 69.3 Å². The van der Waals surface area contributed by atoms with Gasteiger partial charge in [-0.15, -0.1) is 0 Å². The number of hydrogen-bond acceptors (Lipinski definition) is 0. The van der Waals surface area contributed by atoms with Crippen molar-refractivity contribution in [3.05, 3.63) is 42.3 Å². The maximum Gasteiger partial charge on any atom is 0 e. The average molecular weight is 398 g/mol. The third-order valence-corrected chi connectivity index (χ3v) is 1.91. The molecule has 1 rings (SSSR count). The van der Waals surface area contributed by atoms with Crippen LogP contribution >= 0.6 is 0 Å². The largest absolute Gasteiger partial charge is 0.339 e. The normalized spacial score (nSPS) is 9.67. The minimum Gasteiger partial charge on any atom is -0.339 e.